The van der Waals surface area contributed by atoms with E-state index >= 15 is 0 Å². The highest BCUT2D eigenvalue weighted by molar-refractivity contribution is 5.74. The number of hydrogen-bond acceptors (Lipinski definition) is 3. The monoisotopic (exact) mass is 270 g/mol. The molecular formula is C16H15FN2O. The van der Waals surface area contributed by atoms with Crippen LogP contribution in [0, 0.1) is 17.1 Å². The second-order valence-corrected chi connectivity index (χ2v) is 4.36. The summed E-state index contributed by atoms with van der Waals surface area (Å²) in [6, 6.07) is 11.9. The molecule has 2 aromatic rings. The molecule has 20 heavy (non-hydrogen) atoms. The molecule has 2 aromatic carbocycles. The highest BCUT2D eigenvalue weighted by Crippen LogP contribution is 2.33. The predicted octanol–water partition coefficient (Wildman–Crippen LogP) is 3.09. The van der Waals surface area contributed by atoms with E-state index in [1.165, 1.54) is 12.1 Å². The summed E-state index contributed by atoms with van der Waals surface area (Å²) in [4.78, 5) is 0. The number of nitrogens with one attached hydrogen (secondary N) is 1. The molecular weight excluding hydrogens is 255 g/mol. The highest BCUT2D eigenvalue weighted by Gasteiger charge is 2.12. The minimum Gasteiger partial charge on any atom is -0.496 e. The van der Waals surface area contributed by atoms with Crippen LogP contribution in [0.2, 0.25) is 0 Å². The molecule has 0 atom stereocenters. The number of benzene rings is 2. The summed E-state index contributed by atoms with van der Waals surface area (Å²) >= 11 is 0. The van der Waals surface area contributed by atoms with Crippen LogP contribution < -0.4 is 10.1 Å². The maximum absolute atomic E-state index is 13.4. The summed E-state index contributed by atoms with van der Waals surface area (Å²) in [5, 5.41) is 12.0. The molecule has 0 fully saturated rings. The molecule has 0 unspecified atom stereocenters. The fourth-order valence-electron chi connectivity index (χ4n) is 2.15. The highest BCUT2D eigenvalue weighted by atomic mass is 19.1. The molecule has 0 heterocycles. The van der Waals surface area contributed by atoms with E-state index in [1.54, 1.807) is 38.4 Å². The fraction of sp³-hybridized carbons (Fsp3) is 0.188. The van der Waals surface area contributed by atoms with Gasteiger partial charge in [-0.2, -0.15) is 5.26 Å². The number of ether oxygens (including phenoxy) is 1. The molecule has 0 saturated heterocycles. The first kappa shape index (κ1) is 14.0. The number of rotatable bonds is 4. The van der Waals surface area contributed by atoms with Crippen molar-refractivity contribution in [2.45, 2.75) is 6.54 Å². The summed E-state index contributed by atoms with van der Waals surface area (Å²) in [7, 11) is 3.38. The first-order chi connectivity index (χ1) is 9.69. The Kier molecular flexibility index (Phi) is 4.34. The van der Waals surface area contributed by atoms with E-state index in [-0.39, 0.29) is 5.82 Å². The van der Waals surface area contributed by atoms with Gasteiger partial charge >= 0.3 is 0 Å². The van der Waals surface area contributed by atoms with Crippen molar-refractivity contribution in [1.29, 1.82) is 5.26 Å². The average molecular weight is 270 g/mol. The summed E-state index contributed by atoms with van der Waals surface area (Å²) < 4.78 is 18.7. The van der Waals surface area contributed by atoms with Crippen molar-refractivity contribution >= 4 is 0 Å². The maximum Gasteiger partial charge on any atom is 0.126 e. The van der Waals surface area contributed by atoms with Gasteiger partial charge in [0.25, 0.3) is 0 Å². The van der Waals surface area contributed by atoms with Crippen LogP contribution >= 0.6 is 0 Å². The molecule has 3 nitrogen and oxygen atoms in total. The van der Waals surface area contributed by atoms with Crippen LogP contribution in [0.5, 0.6) is 5.75 Å². The van der Waals surface area contributed by atoms with Crippen molar-refractivity contribution in [3.05, 3.63) is 53.3 Å². The SMILES string of the molecule is CNCc1cc(F)ccc1-c1cc(C#N)ccc1OC. The fourth-order valence-corrected chi connectivity index (χ4v) is 2.15. The maximum atomic E-state index is 13.4. The zero-order valence-corrected chi connectivity index (χ0v) is 11.4. The molecule has 0 bridgehead atoms. The first-order valence-corrected chi connectivity index (χ1v) is 6.21. The standard InChI is InChI=1S/C16H15FN2O/c1-19-10-12-8-13(17)4-5-14(12)15-7-11(9-18)3-6-16(15)20-2/h3-8,19H,10H2,1-2H3. The van der Waals surface area contributed by atoms with Gasteiger partial charge in [0, 0.05) is 12.1 Å². The van der Waals surface area contributed by atoms with Crippen LogP contribution in [-0.4, -0.2) is 14.2 Å². The van der Waals surface area contributed by atoms with Crippen LogP contribution in [-0.2, 0) is 6.54 Å². The van der Waals surface area contributed by atoms with Crippen LogP contribution in [0.25, 0.3) is 11.1 Å². The van der Waals surface area contributed by atoms with E-state index in [9.17, 15) is 4.39 Å². The Balaban J connectivity index is 2.63. The summed E-state index contributed by atoms with van der Waals surface area (Å²) in [5.74, 6) is 0.377. The van der Waals surface area contributed by atoms with E-state index in [0.717, 1.165) is 16.7 Å². The summed E-state index contributed by atoms with van der Waals surface area (Å²) in [5.41, 5.74) is 3.01. The second kappa shape index (κ2) is 6.18. The zero-order valence-electron chi connectivity index (χ0n) is 11.4. The molecule has 0 aromatic heterocycles. The van der Waals surface area contributed by atoms with E-state index in [2.05, 4.69) is 11.4 Å². The number of nitrogens with zero attached hydrogens (tertiary/aromatic N) is 1. The van der Waals surface area contributed by atoms with Gasteiger partial charge in [-0.05, 0) is 48.5 Å². The van der Waals surface area contributed by atoms with Crippen molar-refractivity contribution in [1.82, 2.24) is 5.32 Å². The van der Waals surface area contributed by atoms with Gasteiger partial charge in [0.1, 0.15) is 11.6 Å². The number of nitriles is 1. The molecule has 1 N–H and O–H groups in total. The lowest BCUT2D eigenvalue weighted by molar-refractivity contribution is 0.416. The van der Waals surface area contributed by atoms with Gasteiger partial charge in [-0.15, -0.1) is 0 Å². The molecule has 0 aliphatic rings. The van der Waals surface area contributed by atoms with Gasteiger partial charge < -0.3 is 10.1 Å². The quantitative estimate of drug-likeness (QED) is 0.928. The van der Waals surface area contributed by atoms with Gasteiger partial charge in [0.2, 0.25) is 0 Å². The van der Waals surface area contributed by atoms with Gasteiger partial charge in [0.05, 0.1) is 18.7 Å². The Labute approximate surface area is 117 Å². The normalized spacial score (nSPS) is 10.1. The Morgan fingerprint density at radius 1 is 1.20 bits per heavy atom. The van der Waals surface area contributed by atoms with Crippen molar-refractivity contribution in [2.24, 2.45) is 0 Å². The van der Waals surface area contributed by atoms with E-state index in [1.807, 2.05) is 0 Å². The zero-order chi connectivity index (χ0) is 14.5. The van der Waals surface area contributed by atoms with Crippen molar-refractivity contribution < 1.29 is 9.13 Å². The second-order valence-electron chi connectivity index (χ2n) is 4.36. The third kappa shape index (κ3) is 2.79. The van der Waals surface area contributed by atoms with Gasteiger partial charge in [-0.25, -0.2) is 4.39 Å². The Morgan fingerprint density at radius 3 is 2.65 bits per heavy atom. The number of hydrogen-bond donors (Lipinski definition) is 1. The van der Waals surface area contributed by atoms with E-state index in [0.29, 0.717) is 17.9 Å². The Morgan fingerprint density at radius 2 is 2.00 bits per heavy atom. The molecule has 0 saturated carbocycles. The topological polar surface area (TPSA) is 45.0 Å². The predicted molar refractivity (Wildman–Crippen MR) is 75.9 cm³/mol. The average Bonchev–Trinajstić information content (AvgIpc) is 2.47. The van der Waals surface area contributed by atoms with Gasteiger partial charge in [0.15, 0.2) is 0 Å². The van der Waals surface area contributed by atoms with Crippen LogP contribution in [0.4, 0.5) is 4.39 Å². The lowest BCUT2D eigenvalue weighted by atomic mass is 9.97. The van der Waals surface area contributed by atoms with Crippen LogP contribution in [0.1, 0.15) is 11.1 Å². The lowest BCUT2D eigenvalue weighted by Gasteiger charge is -2.13. The summed E-state index contributed by atoms with van der Waals surface area (Å²) in [6.07, 6.45) is 0. The molecule has 2 rings (SSSR count). The van der Waals surface area contributed by atoms with E-state index < -0.39 is 0 Å². The number of methoxy groups -OCH3 is 1. The van der Waals surface area contributed by atoms with Gasteiger partial charge in [-0.3, -0.25) is 0 Å². The van der Waals surface area contributed by atoms with Gasteiger partial charge in [-0.1, -0.05) is 6.07 Å². The Hall–Kier alpha value is -2.38. The van der Waals surface area contributed by atoms with Crippen molar-refractivity contribution in [3.8, 4) is 22.9 Å². The minimum atomic E-state index is -0.283. The van der Waals surface area contributed by atoms with E-state index in [4.69, 9.17) is 10.00 Å². The number of halogens is 1. The molecule has 102 valence electrons. The third-order valence-electron chi connectivity index (χ3n) is 3.05. The lowest BCUT2D eigenvalue weighted by Crippen LogP contribution is -2.07. The largest absolute Gasteiger partial charge is 0.496 e. The van der Waals surface area contributed by atoms with Crippen molar-refractivity contribution in [3.63, 3.8) is 0 Å². The molecule has 0 spiro atoms. The smallest absolute Gasteiger partial charge is 0.126 e. The third-order valence-corrected chi connectivity index (χ3v) is 3.05. The van der Waals surface area contributed by atoms with Crippen LogP contribution in [0.15, 0.2) is 36.4 Å². The molecule has 0 aliphatic carbocycles. The molecule has 0 aliphatic heterocycles. The Bertz CT molecular complexity index is 662. The first-order valence-electron chi connectivity index (χ1n) is 6.21. The molecule has 4 heteroatoms. The molecule has 0 radical (unpaired) electrons. The summed E-state index contributed by atoms with van der Waals surface area (Å²) in [6.45, 7) is 0.535. The van der Waals surface area contributed by atoms with Crippen molar-refractivity contribution in [2.75, 3.05) is 14.2 Å². The minimum absolute atomic E-state index is 0.283. The van der Waals surface area contributed by atoms with Crippen LogP contribution in [0.3, 0.4) is 0 Å². The molecule has 0 amide bonds.